The molecule has 2 aliphatic rings. The Bertz CT molecular complexity index is 1040. The molecule has 2 fully saturated rings. The lowest BCUT2D eigenvalue weighted by atomic mass is 9.64. The normalized spacial score (nSPS) is 24.3. The van der Waals surface area contributed by atoms with E-state index in [4.69, 9.17) is 4.74 Å². The SMILES string of the molecule is COC(=O)c1ccc([C@]2(c3ccc(CCc4ccccn4)cc3)CC3CC[C@@H]2C3)cc1. The van der Waals surface area contributed by atoms with Crippen LogP contribution in [0.2, 0.25) is 0 Å². The molecule has 31 heavy (non-hydrogen) atoms. The highest BCUT2D eigenvalue weighted by Crippen LogP contribution is 2.60. The number of methoxy groups -OCH3 is 1. The smallest absolute Gasteiger partial charge is 0.337 e. The number of hydrogen-bond acceptors (Lipinski definition) is 3. The standard InChI is InChI=1S/C28H29NO2/c1-31-27(30)22-9-14-24(15-10-22)28(19-21-7-13-25(28)18-21)23-11-5-20(6-12-23)8-16-26-4-2-3-17-29-26/h2-6,9-12,14-15,17,21,25H,7-8,13,16,18-19H2,1H3/t21?,25-,28-/m1/s1. The van der Waals surface area contributed by atoms with Crippen LogP contribution in [0, 0.1) is 11.8 Å². The van der Waals surface area contributed by atoms with Crippen LogP contribution in [-0.2, 0) is 23.0 Å². The number of aromatic nitrogens is 1. The summed E-state index contributed by atoms with van der Waals surface area (Å²) in [7, 11) is 1.43. The van der Waals surface area contributed by atoms with Gasteiger partial charge in [0.2, 0.25) is 0 Å². The number of fused-ring (bicyclic) bond motifs is 2. The monoisotopic (exact) mass is 411 g/mol. The summed E-state index contributed by atoms with van der Waals surface area (Å²) in [6.07, 6.45) is 9.01. The number of nitrogens with zero attached hydrogens (tertiary/aromatic N) is 1. The summed E-state index contributed by atoms with van der Waals surface area (Å²) >= 11 is 0. The number of hydrogen-bond donors (Lipinski definition) is 0. The van der Waals surface area contributed by atoms with Gasteiger partial charge >= 0.3 is 5.97 Å². The van der Waals surface area contributed by atoms with Crippen LogP contribution < -0.4 is 0 Å². The van der Waals surface area contributed by atoms with Crippen LogP contribution >= 0.6 is 0 Å². The minimum atomic E-state index is -0.272. The van der Waals surface area contributed by atoms with Crippen molar-refractivity contribution in [1.82, 2.24) is 4.98 Å². The van der Waals surface area contributed by atoms with Gasteiger partial charge in [-0.25, -0.2) is 4.79 Å². The average molecular weight is 412 g/mol. The minimum Gasteiger partial charge on any atom is -0.465 e. The Kier molecular flexibility index (Phi) is 5.35. The summed E-state index contributed by atoms with van der Waals surface area (Å²) in [5, 5.41) is 0. The largest absolute Gasteiger partial charge is 0.465 e. The predicted octanol–water partition coefficient (Wildman–Crippen LogP) is 5.76. The summed E-state index contributed by atoms with van der Waals surface area (Å²) in [6, 6.07) is 23.6. The van der Waals surface area contributed by atoms with E-state index in [0.717, 1.165) is 24.5 Å². The first-order valence-electron chi connectivity index (χ1n) is 11.4. The quantitative estimate of drug-likeness (QED) is 0.484. The van der Waals surface area contributed by atoms with Gasteiger partial charge in [-0.1, -0.05) is 48.9 Å². The number of rotatable bonds is 6. The molecule has 0 aliphatic heterocycles. The lowest BCUT2D eigenvalue weighted by molar-refractivity contribution is 0.0600. The Morgan fingerprint density at radius 1 is 0.968 bits per heavy atom. The molecule has 5 rings (SSSR count). The molecule has 1 heterocycles. The molecule has 0 N–H and O–H groups in total. The van der Waals surface area contributed by atoms with Crippen molar-refractivity contribution in [3.05, 3.63) is 101 Å². The van der Waals surface area contributed by atoms with Gasteiger partial charge in [-0.3, -0.25) is 4.98 Å². The molecule has 3 heteroatoms. The molecule has 0 amide bonds. The summed E-state index contributed by atoms with van der Waals surface area (Å²) in [6.45, 7) is 0. The Labute approximate surface area is 184 Å². The van der Waals surface area contributed by atoms with Crippen molar-refractivity contribution in [1.29, 1.82) is 0 Å². The van der Waals surface area contributed by atoms with Crippen LogP contribution in [0.1, 0.15) is 58.4 Å². The molecule has 1 aromatic heterocycles. The number of ether oxygens (including phenoxy) is 1. The maximum atomic E-state index is 11.9. The van der Waals surface area contributed by atoms with E-state index in [2.05, 4.69) is 53.5 Å². The molecule has 2 aromatic carbocycles. The number of carbonyl (C=O) groups excluding carboxylic acids is 1. The predicted molar refractivity (Wildman–Crippen MR) is 122 cm³/mol. The van der Waals surface area contributed by atoms with Crippen molar-refractivity contribution < 1.29 is 9.53 Å². The van der Waals surface area contributed by atoms with E-state index >= 15 is 0 Å². The molecule has 0 radical (unpaired) electrons. The van der Waals surface area contributed by atoms with Gasteiger partial charge in [-0.05, 0) is 84.9 Å². The second-order valence-electron chi connectivity index (χ2n) is 9.14. The zero-order chi connectivity index (χ0) is 21.3. The third-order valence-corrected chi connectivity index (χ3v) is 7.53. The Morgan fingerprint density at radius 2 is 1.71 bits per heavy atom. The third kappa shape index (κ3) is 3.67. The van der Waals surface area contributed by atoms with Gasteiger partial charge in [0.25, 0.3) is 0 Å². The first kappa shape index (κ1) is 20.0. The second kappa shape index (κ2) is 8.30. The molecule has 2 bridgehead atoms. The van der Waals surface area contributed by atoms with Crippen LogP contribution in [-0.4, -0.2) is 18.1 Å². The fourth-order valence-electron chi connectivity index (χ4n) is 6.01. The maximum Gasteiger partial charge on any atom is 0.337 e. The van der Waals surface area contributed by atoms with Crippen LogP contribution in [0.4, 0.5) is 0 Å². The van der Waals surface area contributed by atoms with E-state index < -0.39 is 0 Å². The molecular weight excluding hydrogens is 382 g/mol. The first-order chi connectivity index (χ1) is 15.2. The second-order valence-corrected chi connectivity index (χ2v) is 9.14. The van der Waals surface area contributed by atoms with Gasteiger partial charge in [-0.15, -0.1) is 0 Å². The minimum absolute atomic E-state index is 0.0665. The Hall–Kier alpha value is -2.94. The van der Waals surface area contributed by atoms with E-state index in [1.54, 1.807) is 0 Å². The van der Waals surface area contributed by atoms with E-state index in [0.29, 0.717) is 11.5 Å². The van der Waals surface area contributed by atoms with Gasteiger partial charge < -0.3 is 4.74 Å². The summed E-state index contributed by atoms with van der Waals surface area (Å²) < 4.78 is 4.89. The highest BCUT2D eigenvalue weighted by atomic mass is 16.5. The lowest BCUT2D eigenvalue weighted by Gasteiger charge is -2.39. The molecular formula is C28H29NO2. The van der Waals surface area contributed by atoms with Crippen LogP contribution in [0.3, 0.4) is 0 Å². The van der Waals surface area contributed by atoms with E-state index in [1.807, 2.05) is 24.4 Å². The van der Waals surface area contributed by atoms with Gasteiger partial charge in [0.1, 0.15) is 0 Å². The zero-order valence-corrected chi connectivity index (χ0v) is 18.1. The summed E-state index contributed by atoms with van der Waals surface area (Å²) in [4.78, 5) is 16.3. The highest BCUT2D eigenvalue weighted by Gasteiger charge is 2.52. The van der Waals surface area contributed by atoms with Gasteiger partial charge in [0, 0.05) is 17.3 Å². The van der Waals surface area contributed by atoms with Crippen molar-refractivity contribution in [2.45, 2.75) is 43.9 Å². The summed E-state index contributed by atoms with van der Waals surface area (Å²) in [5.74, 6) is 1.22. The molecule has 3 aromatic rings. The van der Waals surface area contributed by atoms with Crippen LogP contribution in [0.15, 0.2) is 72.9 Å². The number of aryl methyl sites for hydroxylation is 2. The molecule has 0 saturated heterocycles. The van der Waals surface area contributed by atoms with Crippen molar-refractivity contribution >= 4 is 5.97 Å². The van der Waals surface area contributed by atoms with E-state index in [9.17, 15) is 4.79 Å². The van der Waals surface area contributed by atoms with Crippen molar-refractivity contribution in [3.8, 4) is 0 Å². The number of esters is 1. The van der Waals surface area contributed by atoms with Gasteiger partial charge in [0.05, 0.1) is 12.7 Å². The van der Waals surface area contributed by atoms with E-state index in [1.165, 1.54) is 49.5 Å². The fraction of sp³-hybridized carbons (Fsp3) is 0.357. The topological polar surface area (TPSA) is 39.2 Å². The van der Waals surface area contributed by atoms with Crippen molar-refractivity contribution in [2.75, 3.05) is 7.11 Å². The fourth-order valence-corrected chi connectivity index (χ4v) is 6.01. The van der Waals surface area contributed by atoms with Gasteiger partial charge in [0.15, 0.2) is 0 Å². The molecule has 3 nitrogen and oxygen atoms in total. The molecule has 2 saturated carbocycles. The molecule has 3 atom stereocenters. The van der Waals surface area contributed by atoms with E-state index in [-0.39, 0.29) is 11.4 Å². The molecule has 2 aliphatic carbocycles. The molecule has 0 spiro atoms. The zero-order valence-electron chi connectivity index (χ0n) is 18.1. The maximum absolute atomic E-state index is 11.9. The number of carbonyl (C=O) groups is 1. The van der Waals surface area contributed by atoms with Crippen molar-refractivity contribution in [3.63, 3.8) is 0 Å². The average Bonchev–Trinajstić information content (AvgIpc) is 3.46. The van der Waals surface area contributed by atoms with Crippen LogP contribution in [0.25, 0.3) is 0 Å². The van der Waals surface area contributed by atoms with Crippen LogP contribution in [0.5, 0.6) is 0 Å². The Balaban J connectivity index is 1.42. The van der Waals surface area contributed by atoms with Gasteiger partial charge in [-0.2, -0.15) is 0 Å². The highest BCUT2D eigenvalue weighted by molar-refractivity contribution is 5.89. The number of pyridine rings is 1. The first-order valence-corrected chi connectivity index (χ1v) is 11.4. The third-order valence-electron chi connectivity index (χ3n) is 7.53. The molecule has 1 unspecified atom stereocenters. The Morgan fingerprint density at radius 3 is 2.29 bits per heavy atom. The number of benzene rings is 2. The summed E-state index contributed by atoms with van der Waals surface area (Å²) in [5.41, 5.74) is 5.95. The van der Waals surface area contributed by atoms with Crippen molar-refractivity contribution in [2.24, 2.45) is 11.8 Å². The molecule has 158 valence electrons. The lowest BCUT2D eigenvalue weighted by Crippen LogP contribution is -2.34.